The zero-order valence-corrected chi connectivity index (χ0v) is 10.3. The Morgan fingerprint density at radius 3 is 2.88 bits per heavy atom. The highest BCUT2D eigenvalue weighted by molar-refractivity contribution is 5.25. The van der Waals surface area contributed by atoms with Gasteiger partial charge in [-0.05, 0) is 42.4 Å². The molecule has 1 heteroatoms. The van der Waals surface area contributed by atoms with Crippen LogP contribution in [0.2, 0.25) is 0 Å². The minimum Gasteiger partial charge on any atom is -0.392 e. The van der Waals surface area contributed by atoms with E-state index in [9.17, 15) is 5.11 Å². The SMILES string of the molecule is C=C[C@@H]1C[C@@H]2C=CC[C@]23[C@H]1CC(C)(C)[C@@H]3O. The number of aliphatic hydroxyl groups is 1. The first kappa shape index (κ1) is 10.6. The molecule has 2 fully saturated rings. The maximum atomic E-state index is 10.7. The van der Waals surface area contributed by atoms with Crippen LogP contribution in [0.5, 0.6) is 0 Å². The molecule has 2 saturated carbocycles. The fourth-order valence-electron chi connectivity index (χ4n) is 4.87. The second kappa shape index (κ2) is 3.01. The van der Waals surface area contributed by atoms with E-state index in [2.05, 4.69) is 38.7 Å². The van der Waals surface area contributed by atoms with E-state index < -0.39 is 0 Å². The number of hydrogen-bond acceptors (Lipinski definition) is 1. The molecule has 88 valence electrons. The first-order chi connectivity index (χ1) is 7.52. The number of aliphatic hydroxyl groups excluding tert-OH is 1. The van der Waals surface area contributed by atoms with E-state index in [1.54, 1.807) is 0 Å². The molecule has 1 nitrogen and oxygen atoms in total. The normalized spacial score (nSPS) is 52.7. The van der Waals surface area contributed by atoms with Crippen molar-refractivity contribution in [3.8, 4) is 0 Å². The van der Waals surface area contributed by atoms with E-state index in [1.165, 1.54) is 6.42 Å². The van der Waals surface area contributed by atoms with Crippen molar-refractivity contribution in [1.29, 1.82) is 0 Å². The third-order valence-corrected chi connectivity index (χ3v) is 5.56. The molecular weight excluding hydrogens is 196 g/mol. The van der Waals surface area contributed by atoms with E-state index in [4.69, 9.17) is 0 Å². The van der Waals surface area contributed by atoms with Gasteiger partial charge in [0.2, 0.25) is 0 Å². The van der Waals surface area contributed by atoms with Crippen LogP contribution in [0, 0.1) is 28.6 Å². The summed E-state index contributed by atoms with van der Waals surface area (Å²) < 4.78 is 0. The van der Waals surface area contributed by atoms with Crippen molar-refractivity contribution in [2.45, 2.75) is 39.2 Å². The topological polar surface area (TPSA) is 20.2 Å². The standard InChI is InChI=1S/C15H22O/c1-4-10-8-11-6-5-7-15(11)12(10)9-14(2,3)13(15)16/h4-6,10-13,16H,1,7-9H2,2-3H3/t10-,11+,12+,13+,15-/m1/s1. The summed E-state index contributed by atoms with van der Waals surface area (Å²) in [7, 11) is 0. The first-order valence-corrected chi connectivity index (χ1v) is 6.49. The average Bonchev–Trinajstić information content (AvgIpc) is 2.80. The zero-order chi connectivity index (χ0) is 11.6. The summed E-state index contributed by atoms with van der Waals surface area (Å²) in [5.41, 5.74) is 0.235. The lowest BCUT2D eigenvalue weighted by Gasteiger charge is -2.37. The van der Waals surface area contributed by atoms with Crippen LogP contribution in [0.15, 0.2) is 24.8 Å². The van der Waals surface area contributed by atoms with Gasteiger partial charge in [-0.15, -0.1) is 6.58 Å². The van der Waals surface area contributed by atoms with Crippen LogP contribution in [-0.4, -0.2) is 11.2 Å². The quantitative estimate of drug-likeness (QED) is 0.670. The molecule has 0 amide bonds. The number of allylic oxidation sites excluding steroid dienone is 3. The molecule has 3 rings (SSSR count). The second-order valence-electron chi connectivity index (χ2n) is 6.69. The lowest BCUT2D eigenvalue weighted by atomic mass is 9.71. The monoisotopic (exact) mass is 218 g/mol. The van der Waals surface area contributed by atoms with Crippen LogP contribution < -0.4 is 0 Å². The van der Waals surface area contributed by atoms with Crippen LogP contribution in [0.1, 0.15) is 33.1 Å². The first-order valence-electron chi connectivity index (χ1n) is 6.49. The summed E-state index contributed by atoms with van der Waals surface area (Å²) in [6, 6.07) is 0. The molecule has 0 aromatic rings. The van der Waals surface area contributed by atoms with Gasteiger partial charge in [-0.1, -0.05) is 32.1 Å². The van der Waals surface area contributed by atoms with Crippen LogP contribution in [-0.2, 0) is 0 Å². The highest BCUT2D eigenvalue weighted by Gasteiger charge is 2.66. The van der Waals surface area contributed by atoms with Gasteiger partial charge in [0.25, 0.3) is 0 Å². The van der Waals surface area contributed by atoms with Gasteiger partial charge >= 0.3 is 0 Å². The molecule has 0 aliphatic heterocycles. The van der Waals surface area contributed by atoms with Crippen molar-refractivity contribution >= 4 is 0 Å². The van der Waals surface area contributed by atoms with Crippen LogP contribution in [0.25, 0.3) is 0 Å². The highest BCUT2D eigenvalue weighted by Crippen LogP contribution is 2.68. The van der Waals surface area contributed by atoms with Gasteiger partial charge in [-0.25, -0.2) is 0 Å². The van der Waals surface area contributed by atoms with Crippen molar-refractivity contribution in [3.63, 3.8) is 0 Å². The molecular formula is C15H22O. The summed E-state index contributed by atoms with van der Waals surface area (Å²) in [5.74, 6) is 1.86. The molecule has 1 N–H and O–H groups in total. The van der Waals surface area contributed by atoms with Gasteiger partial charge in [-0.3, -0.25) is 0 Å². The predicted octanol–water partition coefficient (Wildman–Crippen LogP) is 3.16. The molecule has 0 radical (unpaired) electrons. The molecule has 16 heavy (non-hydrogen) atoms. The summed E-state index contributed by atoms with van der Waals surface area (Å²) >= 11 is 0. The minimum atomic E-state index is -0.144. The Morgan fingerprint density at radius 2 is 2.19 bits per heavy atom. The number of rotatable bonds is 1. The van der Waals surface area contributed by atoms with Crippen LogP contribution in [0.4, 0.5) is 0 Å². The second-order valence-corrected chi connectivity index (χ2v) is 6.69. The third-order valence-electron chi connectivity index (χ3n) is 5.56. The van der Waals surface area contributed by atoms with Gasteiger partial charge in [-0.2, -0.15) is 0 Å². The Bertz CT molecular complexity index is 354. The van der Waals surface area contributed by atoms with E-state index in [1.807, 2.05) is 0 Å². The van der Waals surface area contributed by atoms with E-state index in [0.717, 1.165) is 12.8 Å². The van der Waals surface area contributed by atoms with E-state index in [0.29, 0.717) is 17.8 Å². The lowest BCUT2D eigenvalue weighted by molar-refractivity contribution is -0.0248. The molecule has 0 aromatic heterocycles. The Balaban J connectivity index is 2.06. The molecule has 0 aromatic carbocycles. The Labute approximate surface area is 98.2 Å². The van der Waals surface area contributed by atoms with E-state index >= 15 is 0 Å². The fraction of sp³-hybridized carbons (Fsp3) is 0.733. The van der Waals surface area contributed by atoms with Crippen LogP contribution in [0.3, 0.4) is 0 Å². The predicted molar refractivity (Wildman–Crippen MR) is 65.9 cm³/mol. The van der Waals surface area contributed by atoms with Gasteiger partial charge in [0.1, 0.15) is 0 Å². The van der Waals surface area contributed by atoms with Crippen molar-refractivity contribution in [3.05, 3.63) is 24.8 Å². The Hall–Kier alpha value is -0.560. The van der Waals surface area contributed by atoms with E-state index in [-0.39, 0.29) is 16.9 Å². The summed E-state index contributed by atoms with van der Waals surface area (Å²) in [6.45, 7) is 8.44. The van der Waals surface area contributed by atoms with Crippen molar-refractivity contribution in [2.24, 2.45) is 28.6 Å². The minimum absolute atomic E-state index is 0.0800. The Kier molecular flexibility index (Phi) is 1.99. The molecule has 3 aliphatic rings. The van der Waals surface area contributed by atoms with Gasteiger partial charge in [0.15, 0.2) is 0 Å². The largest absolute Gasteiger partial charge is 0.392 e. The summed E-state index contributed by atoms with van der Waals surface area (Å²) in [5, 5.41) is 10.7. The van der Waals surface area contributed by atoms with Crippen molar-refractivity contribution < 1.29 is 5.11 Å². The van der Waals surface area contributed by atoms with Gasteiger partial charge in [0.05, 0.1) is 6.10 Å². The maximum Gasteiger partial charge on any atom is 0.0658 e. The average molecular weight is 218 g/mol. The van der Waals surface area contributed by atoms with Crippen molar-refractivity contribution in [1.82, 2.24) is 0 Å². The lowest BCUT2D eigenvalue weighted by Crippen LogP contribution is -2.40. The smallest absolute Gasteiger partial charge is 0.0658 e. The molecule has 5 atom stereocenters. The van der Waals surface area contributed by atoms with Gasteiger partial charge < -0.3 is 5.11 Å². The molecule has 3 aliphatic carbocycles. The molecule has 0 saturated heterocycles. The maximum absolute atomic E-state index is 10.7. The summed E-state index contributed by atoms with van der Waals surface area (Å²) in [4.78, 5) is 0. The van der Waals surface area contributed by atoms with Gasteiger partial charge in [0, 0.05) is 5.41 Å². The van der Waals surface area contributed by atoms with Crippen LogP contribution >= 0.6 is 0 Å². The molecule has 0 heterocycles. The highest BCUT2D eigenvalue weighted by atomic mass is 16.3. The van der Waals surface area contributed by atoms with Crippen molar-refractivity contribution in [2.75, 3.05) is 0 Å². The molecule has 0 unspecified atom stereocenters. The zero-order valence-electron chi connectivity index (χ0n) is 10.3. The Morgan fingerprint density at radius 1 is 1.44 bits per heavy atom. The summed E-state index contributed by atoms with van der Waals surface area (Å²) in [6.07, 6.45) is 10.1. The molecule has 1 spiro atoms. The molecule has 0 bridgehead atoms. The third kappa shape index (κ3) is 1.01. The fourth-order valence-corrected chi connectivity index (χ4v) is 4.87. The number of hydrogen-bond donors (Lipinski definition) is 1.